The summed E-state index contributed by atoms with van der Waals surface area (Å²) in [6.07, 6.45) is -0.301. The Morgan fingerprint density at radius 2 is 2.14 bits per heavy atom. The first-order chi connectivity index (χ1) is 6.59. The summed E-state index contributed by atoms with van der Waals surface area (Å²) in [5.74, 6) is 0. The summed E-state index contributed by atoms with van der Waals surface area (Å²) < 4.78 is 1.08. The lowest BCUT2D eigenvalue weighted by atomic mass is 10.1. The van der Waals surface area contributed by atoms with Gasteiger partial charge >= 0.3 is 0 Å². The van der Waals surface area contributed by atoms with E-state index in [0.717, 1.165) is 4.47 Å². The molecule has 2 N–H and O–H groups in total. The van der Waals surface area contributed by atoms with Gasteiger partial charge in [-0.2, -0.15) is 0 Å². The van der Waals surface area contributed by atoms with Crippen molar-refractivity contribution in [1.82, 2.24) is 5.32 Å². The Labute approximate surface area is 93.5 Å². The van der Waals surface area contributed by atoms with Crippen LogP contribution in [0.25, 0.3) is 0 Å². The monoisotopic (exact) mass is 257 g/mol. The van der Waals surface area contributed by atoms with Gasteiger partial charge in [0.15, 0.2) is 0 Å². The average molecular weight is 258 g/mol. The molecule has 0 aromatic heterocycles. The minimum Gasteiger partial charge on any atom is -0.392 e. The van der Waals surface area contributed by atoms with Crippen molar-refractivity contribution in [3.8, 4) is 0 Å². The van der Waals surface area contributed by atoms with Gasteiger partial charge in [0.1, 0.15) is 0 Å². The number of nitrogens with one attached hydrogen (secondary N) is 1. The number of rotatable bonds is 4. The second-order valence-corrected chi connectivity index (χ2v) is 4.45. The van der Waals surface area contributed by atoms with E-state index in [1.165, 1.54) is 5.56 Å². The van der Waals surface area contributed by atoms with E-state index in [2.05, 4.69) is 40.3 Å². The van der Waals surface area contributed by atoms with Gasteiger partial charge in [0.05, 0.1) is 6.10 Å². The van der Waals surface area contributed by atoms with Crippen LogP contribution < -0.4 is 5.32 Å². The topological polar surface area (TPSA) is 32.3 Å². The van der Waals surface area contributed by atoms with Crippen molar-refractivity contribution in [2.75, 3.05) is 6.54 Å². The predicted octanol–water partition coefficient (Wildman–Crippen LogP) is 2.48. The predicted molar refractivity (Wildman–Crippen MR) is 62.2 cm³/mol. The third-order valence-electron chi connectivity index (χ3n) is 2.07. The van der Waals surface area contributed by atoms with Gasteiger partial charge < -0.3 is 10.4 Å². The molecule has 3 heteroatoms. The molecule has 78 valence electrons. The van der Waals surface area contributed by atoms with Gasteiger partial charge in [0.25, 0.3) is 0 Å². The zero-order valence-electron chi connectivity index (χ0n) is 8.50. The SMILES string of the molecule is C[C@H](O)CN[C@@H](C)c1cccc(Br)c1. The Morgan fingerprint density at radius 3 is 2.71 bits per heavy atom. The Kier molecular flexibility index (Phi) is 4.58. The number of halogens is 1. The molecule has 1 rings (SSSR count). The molecule has 0 saturated heterocycles. The Hall–Kier alpha value is -0.380. The lowest BCUT2D eigenvalue weighted by Gasteiger charge is -2.15. The van der Waals surface area contributed by atoms with E-state index in [1.54, 1.807) is 6.92 Å². The van der Waals surface area contributed by atoms with Crippen LogP contribution in [-0.4, -0.2) is 17.8 Å². The molecule has 1 aromatic rings. The zero-order valence-corrected chi connectivity index (χ0v) is 10.1. The third-order valence-corrected chi connectivity index (χ3v) is 2.56. The smallest absolute Gasteiger partial charge is 0.0636 e. The maximum atomic E-state index is 9.13. The molecule has 0 bridgehead atoms. The maximum absolute atomic E-state index is 9.13. The molecule has 0 aliphatic carbocycles. The van der Waals surface area contributed by atoms with Crippen molar-refractivity contribution in [3.63, 3.8) is 0 Å². The molecule has 0 heterocycles. The van der Waals surface area contributed by atoms with E-state index in [0.29, 0.717) is 6.54 Å². The molecule has 0 saturated carbocycles. The summed E-state index contributed by atoms with van der Waals surface area (Å²) in [6, 6.07) is 8.44. The fraction of sp³-hybridized carbons (Fsp3) is 0.455. The largest absolute Gasteiger partial charge is 0.392 e. The lowest BCUT2D eigenvalue weighted by Crippen LogP contribution is -2.27. The average Bonchev–Trinajstić information content (AvgIpc) is 2.14. The summed E-state index contributed by atoms with van der Waals surface area (Å²) in [6.45, 7) is 4.48. The van der Waals surface area contributed by atoms with Crippen LogP contribution in [0.5, 0.6) is 0 Å². The summed E-state index contributed by atoms with van der Waals surface area (Å²) in [4.78, 5) is 0. The normalized spacial score (nSPS) is 15.1. The van der Waals surface area contributed by atoms with Gasteiger partial charge in [-0.3, -0.25) is 0 Å². The summed E-state index contributed by atoms with van der Waals surface area (Å²) >= 11 is 3.43. The number of aliphatic hydroxyl groups is 1. The lowest BCUT2D eigenvalue weighted by molar-refractivity contribution is 0.187. The quantitative estimate of drug-likeness (QED) is 0.869. The third kappa shape index (κ3) is 3.78. The highest BCUT2D eigenvalue weighted by Gasteiger charge is 2.05. The fourth-order valence-corrected chi connectivity index (χ4v) is 1.66. The van der Waals surface area contributed by atoms with Crippen molar-refractivity contribution in [1.29, 1.82) is 0 Å². The van der Waals surface area contributed by atoms with Crippen molar-refractivity contribution in [2.45, 2.75) is 26.0 Å². The van der Waals surface area contributed by atoms with Gasteiger partial charge in [-0.25, -0.2) is 0 Å². The minimum atomic E-state index is -0.301. The zero-order chi connectivity index (χ0) is 10.6. The van der Waals surface area contributed by atoms with Gasteiger partial charge in [-0.15, -0.1) is 0 Å². The van der Waals surface area contributed by atoms with Crippen LogP contribution in [0.15, 0.2) is 28.7 Å². The van der Waals surface area contributed by atoms with E-state index >= 15 is 0 Å². The first-order valence-electron chi connectivity index (χ1n) is 4.76. The Morgan fingerprint density at radius 1 is 1.43 bits per heavy atom. The second-order valence-electron chi connectivity index (χ2n) is 3.53. The summed E-state index contributed by atoms with van der Waals surface area (Å²) in [5.41, 5.74) is 1.22. The molecule has 0 radical (unpaired) electrons. The molecule has 0 amide bonds. The highest BCUT2D eigenvalue weighted by Crippen LogP contribution is 2.17. The van der Waals surface area contributed by atoms with Crippen molar-refractivity contribution < 1.29 is 5.11 Å². The second kappa shape index (κ2) is 5.49. The van der Waals surface area contributed by atoms with Crippen molar-refractivity contribution >= 4 is 15.9 Å². The van der Waals surface area contributed by atoms with E-state index < -0.39 is 0 Å². The van der Waals surface area contributed by atoms with Gasteiger partial charge in [-0.1, -0.05) is 28.1 Å². The van der Waals surface area contributed by atoms with E-state index in [1.807, 2.05) is 12.1 Å². The van der Waals surface area contributed by atoms with Crippen LogP contribution in [0.4, 0.5) is 0 Å². The van der Waals surface area contributed by atoms with Crippen molar-refractivity contribution in [2.24, 2.45) is 0 Å². The Bertz CT molecular complexity index is 288. The number of aliphatic hydroxyl groups excluding tert-OH is 1. The molecule has 0 fully saturated rings. The molecular weight excluding hydrogens is 242 g/mol. The molecule has 2 nitrogen and oxygen atoms in total. The minimum absolute atomic E-state index is 0.266. The molecule has 1 aromatic carbocycles. The first-order valence-corrected chi connectivity index (χ1v) is 5.56. The number of hydrogen-bond donors (Lipinski definition) is 2. The van der Waals surface area contributed by atoms with Crippen LogP contribution in [0.3, 0.4) is 0 Å². The van der Waals surface area contributed by atoms with Crippen LogP contribution in [0.1, 0.15) is 25.5 Å². The van der Waals surface area contributed by atoms with E-state index in [9.17, 15) is 0 Å². The molecule has 0 spiro atoms. The summed E-state index contributed by atoms with van der Waals surface area (Å²) in [7, 11) is 0. The molecule has 0 aliphatic heterocycles. The van der Waals surface area contributed by atoms with E-state index in [4.69, 9.17) is 5.11 Å². The van der Waals surface area contributed by atoms with Gasteiger partial charge in [-0.05, 0) is 31.5 Å². The molecule has 0 unspecified atom stereocenters. The molecule has 14 heavy (non-hydrogen) atoms. The van der Waals surface area contributed by atoms with Crippen LogP contribution in [0, 0.1) is 0 Å². The molecular formula is C11H16BrNO. The molecule has 2 atom stereocenters. The highest BCUT2D eigenvalue weighted by atomic mass is 79.9. The van der Waals surface area contributed by atoms with Crippen LogP contribution >= 0.6 is 15.9 Å². The number of benzene rings is 1. The standard InChI is InChI=1S/C11H16BrNO/c1-8(14)7-13-9(2)10-4-3-5-11(12)6-10/h3-6,8-9,13-14H,7H2,1-2H3/t8-,9-/m0/s1. The maximum Gasteiger partial charge on any atom is 0.0636 e. The first kappa shape index (κ1) is 11.7. The van der Waals surface area contributed by atoms with Gasteiger partial charge in [0.2, 0.25) is 0 Å². The van der Waals surface area contributed by atoms with Crippen LogP contribution in [0.2, 0.25) is 0 Å². The van der Waals surface area contributed by atoms with E-state index in [-0.39, 0.29) is 12.1 Å². The van der Waals surface area contributed by atoms with Crippen molar-refractivity contribution in [3.05, 3.63) is 34.3 Å². The fourth-order valence-electron chi connectivity index (χ4n) is 1.24. The number of hydrogen-bond acceptors (Lipinski definition) is 2. The van der Waals surface area contributed by atoms with Gasteiger partial charge in [0, 0.05) is 17.1 Å². The Balaban J connectivity index is 2.56. The van der Waals surface area contributed by atoms with Crippen LogP contribution in [-0.2, 0) is 0 Å². The molecule has 0 aliphatic rings. The summed E-state index contributed by atoms with van der Waals surface area (Å²) in [5, 5.41) is 12.4. The highest BCUT2D eigenvalue weighted by molar-refractivity contribution is 9.10.